The van der Waals surface area contributed by atoms with Crippen LogP contribution in [0, 0.1) is 6.92 Å². The van der Waals surface area contributed by atoms with Crippen molar-refractivity contribution in [3.63, 3.8) is 0 Å². The first-order valence-corrected chi connectivity index (χ1v) is 9.57. The van der Waals surface area contributed by atoms with Crippen LogP contribution in [0.2, 0.25) is 0 Å². The zero-order valence-corrected chi connectivity index (χ0v) is 16.6. The SMILES string of the molecule is CCOc1cc(CNc2cccc(C(=O)O)c2C)ccc1OCc1ccccc1. The van der Waals surface area contributed by atoms with Gasteiger partial charge in [-0.2, -0.15) is 0 Å². The van der Waals surface area contributed by atoms with Gasteiger partial charge in [-0.05, 0) is 54.8 Å². The normalized spacial score (nSPS) is 10.4. The van der Waals surface area contributed by atoms with Gasteiger partial charge in [0.2, 0.25) is 0 Å². The molecule has 0 radical (unpaired) electrons. The first kappa shape index (κ1) is 20.3. The van der Waals surface area contributed by atoms with Crippen LogP contribution in [0.25, 0.3) is 0 Å². The highest BCUT2D eigenvalue weighted by molar-refractivity contribution is 5.91. The van der Waals surface area contributed by atoms with E-state index in [0.29, 0.717) is 42.4 Å². The van der Waals surface area contributed by atoms with Gasteiger partial charge in [-0.1, -0.05) is 42.5 Å². The first-order valence-electron chi connectivity index (χ1n) is 9.57. The van der Waals surface area contributed by atoms with E-state index in [1.54, 1.807) is 19.1 Å². The second kappa shape index (κ2) is 9.64. The Bertz CT molecular complexity index is 970. The molecule has 0 unspecified atom stereocenters. The number of hydrogen-bond acceptors (Lipinski definition) is 4. The largest absolute Gasteiger partial charge is 0.490 e. The molecule has 5 nitrogen and oxygen atoms in total. The Labute approximate surface area is 170 Å². The Morgan fingerprint density at radius 3 is 2.45 bits per heavy atom. The molecule has 0 bridgehead atoms. The van der Waals surface area contributed by atoms with E-state index in [0.717, 1.165) is 16.8 Å². The summed E-state index contributed by atoms with van der Waals surface area (Å²) in [6, 6.07) is 21.0. The molecule has 0 amide bonds. The molecular formula is C24H25NO4. The number of carbonyl (C=O) groups is 1. The topological polar surface area (TPSA) is 67.8 Å². The highest BCUT2D eigenvalue weighted by atomic mass is 16.5. The minimum Gasteiger partial charge on any atom is -0.490 e. The number of carboxylic acid groups (broad SMARTS) is 1. The van der Waals surface area contributed by atoms with E-state index in [2.05, 4.69) is 5.32 Å². The van der Waals surface area contributed by atoms with Gasteiger partial charge < -0.3 is 19.9 Å². The molecule has 0 saturated carbocycles. The van der Waals surface area contributed by atoms with E-state index in [1.165, 1.54) is 0 Å². The molecule has 0 aliphatic rings. The molecule has 0 saturated heterocycles. The third kappa shape index (κ3) is 5.29. The molecule has 0 fully saturated rings. The number of anilines is 1. The van der Waals surface area contributed by atoms with Crippen LogP contribution in [-0.2, 0) is 13.2 Å². The quantitative estimate of drug-likeness (QED) is 0.519. The predicted molar refractivity (Wildman–Crippen MR) is 114 cm³/mol. The lowest BCUT2D eigenvalue weighted by molar-refractivity contribution is 0.0696. The molecule has 0 aliphatic heterocycles. The van der Waals surface area contributed by atoms with Gasteiger partial charge in [0.25, 0.3) is 0 Å². The lowest BCUT2D eigenvalue weighted by atomic mass is 10.1. The number of nitrogens with one attached hydrogen (secondary N) is 1. The maximum atomic E-state index is 11.3. The van der Waals surface area contributed by atoms with Crippen LogP contribution in [0.4, 0.5) is 5.69 Å². The molecule has 0 aliphatic carbocycles. The molecule has 2 N–H and O–H groups in total. The van der Waals surface area contributed by atoms with Gasteiger partial charge >= 0.3 is 5.97 Å². The standard InChI is InChI=1S/C24H25NO4/c1-3-28-23-14-19(12-13-22(23)29-16-18-8-5-4-6-9-18)15-25-21-11-7-10-20(17(21)2)24(26)27/h4-14,25H,3,15-16H2,1-2H3,(H,26,27). The van der Waals surface area contributed by atoms with Crippen molar-refractivity contribution in [1.82, 2.24) is 0 Å². The fraction of sp³-hybridized carbons (Fsp3) is 0.208. The van der Waals surface area contributed by atoms with E-state index in [9.17, 15) is 9.90 Å². The van der Waals surface area contributed by atoms with Crippen LogP contribution in [0.1, 0.15) is 34.0 Å². The number of benzene rings is 3. The van der Waals surface area contributed by atoms with Crippen LogP contribution < -0.4 is 14.8 Å². The van der Waals surface area contributed by atoms with Crippen LogP contribution in [-0.4, -0.2) is 17.7 Å². The second-order valence-electron chi connectivity index (χ2n) is 6.63. The molecule has 5 heteroatoms. The van der Waals surface area contributed by atoms with Crippen LogP contribution in [0.3, 0.4) is 0 Å². The van der Waals surface area contributed by atoms with E-state index >= 15 is 0 Å². The van der Waals surface area contributed by atoms with Crippen molar-refractivity contribution in [3.8, 4) is 11.5 Å². The Morgan fingerprint density at radius 2 is 1.72 bits per heavy atom. The first-order chi connectivity index (χ1) is 14.1. The fourth-order valence-corrected chi connectivity index (χ4v) is 3.04. The summed E-state index contributed by atoms with van der Waals surface area (Å²) in [6.07, 6.45) is 0. The Hall–Kier alpha value is -3.47. The molecule has 3 rings (SSSR count). The maximum Gasteiger partial charge on any atom is 0.336 e. The lowest BCUT2D eigenvalue weighted by Crippen LogP contribution is -2.06. The minimum atomic E-state index is -0.926. The van der Waals surface area contributed by atoms with Gasteiger partial charge in [-0.25, -0.2) is 4.79 Å². The van der Waals surface area contributed by atoms with Crippen molar-refractivity contribution in [2.45, 2.75) is 27.0 Å². The van der Waals surface area contributed by atoms with Crippen LogP contribution in [0.15, 0.2) is 66.7 Å². The summed E-state index contributed by atoms with van der Waals surface area (Å²) in [5.74, 6) is 0.465. The lowest BCUT2D eigenvalue weighted by Gasteiger charge is -2.15. The van der Waals surface area contributed by atoms with Crippen molar-refractivity contribution < 1.29 is 19.4 Å². The molecule has 0 aromatic heterocycles. The summed E-state index contributed by atoms with van der Waals surface area (Å²) >= 11 is 0. The number of aromatic carboxylic acids is 1. The van der Waals surface area contributed by atoms with Crippen LogP contribution in [0.5, 0.6) is 11.5 Å². The zero-order chi connectivity index (χ0) is 20.6. The zero-order valence-electron chi connectivity index (χ0n) is 16.6. The highest BCUT2D eigenvalue weighted by Gasteiger charge is 2.11. The molecular weight excluding hydrogens is 366 g/mol. The van der Waals surface area contributed by atoms with Gasteiger partial charge in [-0.15, -0.1) is 0 Å². The van der Waals surface area contributed by atoms with Gasteiger partial charge in [0.15, 0.2) is 11.5 Å². The van der Waals surface area contributed by atoms with Gasteiger partial charge in [0.05, 0.1) is 12.2 Å². The highest BCUT2D eigenvalue weighted by Crippen LogP contribution is 2.30. The predicted octanol–water partition coefficient (Wildman–Crippen LogP) is 5.28. The minimum absolute atomic E-state index is 0.301. The van der Waals surface area contributed by atoms with Crippen molar-refractivity contribution in [1.29, 1.82) is 0 Å². The molecule has 3 aromatic carbocycles. The number of ether oxygens (including phenoxy) is 2. The molecule has 0 spiro atoms. The monoisotopic (exact) mass is 391 g/mol. The molecule has 0 heterocycles. The van der Waals surface area contributed by atoms with E-state index < -0.39 is 5.97 Å². The number of carboxylic acids is 1. The van der Waals surface area contributed by atoms with Crippen molar-refractivity contribution in [2.24, 2.45) is 0 Å². The van der Waals surface area contributed by atoms with E-state index in [-0.39, 0.29) is 0 Å². The fourth-order valence-electron chi connectivity index (χ4n) is 3.04. The van der Waals surface area contributed by atoms with Crippen molar-refractivity contribution in [3.05, 3.63) is 89.0 Å². The van der Waals surface area contributed by atoms with Gasteiger partial charge in [-0.3, -0.25) is 0 Å². The Balaban J connectivity index is 1.71. The third-order valence-electron chi connectivity index (χ3n) is 4.59. The average Bonchev–Trinajstić information content (AvgIpc) is 2.73. The maximum absolute atomic E-state index is 11.3. The summed E-state index contributed by atoms with van der Waals surface area (Å²) in [5.41, 5.74) is 3.92. The molecule has 3 aromatic rings. The van der Waals surface area contributed by atoms with E-state index in [1.807, 2.05) is 61.5 Å². The van der Waals surface area contributed by atoms with Gasteiger partial charge in [0.1, 0.15) is 6.61 Å². The van der Waals surface area contributed by atoms with Crippen LogP contribution >= 0.6 is 0 Å². The second-order valence-corrected chi connectivity index (χ2v) is 6.63. The molecule has 0 atom stereocenters. The third-order valence-corrected chi connectivity index (χ3v) is 4.59. The summed E-state index contributed by atoms with van der Waals surface area (Å²) in [4.78, 5) is 11.3. The van der Waals surface area contributed by atoms with Crippen molar-refractivity contribution >= 4 is 11.7 Å². The molecule has 29 heavy (non-hydrogen) atoms. The van der Waals surface area contributed by atoms with E-state index in [4.69, 9.17) is 9.47 Å². The summed E-state index contributed by atoms with van der Waals surface area (Å²) in [7, 11) is 0. The summed E-state index contributed by atoms with van der Waals surface area (Å²) in [5, 5.41) is 12.6. The summed E-state index contributed by atoms with van der Waals surface area (Å²) in [6.45, 7) is 5.30. The number of hydrogen-bond donors (Lipinski definition) is 2. The number of rotatable bonds is 9. The Morgan fingerprint density at radius 1 is 0.931 bits per heavy atom. The molecule has 150 valence electrons. The Kier molecular flexibility index (Phi) is 6.74. The smallest absolute Gasteiger partial charge is 0.336 e. The van der Waals surface area contributed by atoms with Crippen molar-refractivity contribution in [2.75, 3.05) is 11.9 Å². The average molecular weight is 391 g/mol. The van der Waals surface area contributed by atoms with Gasteiger partial charge in [0, 0.05) is 12.2 Å². The summed E-state index contributed by atoms with van der Waals surface area (Å²) < 4.78 is 11.7.